The maximum absolute atomic E-state index is 12.7. The molecule has 0 radical (unpaired) electrons. The molecule has 3 heteroatoms. The molecule has 0 aliphatic heterocycles. The van der Waals surface area contributed by atoms with E-state index in [1.54, 1.807) is 0 Å². The highest BCUT2D eigenvalue weighted by Gasteiger charge is 2.18. The van der Waals surface area contributed by atoms with Crippen LogP contribution in [0.1, 0.15) is 55.9 Å². The van der Waals surface area contributed by atoms with Crippen LogP contribution in [0.5, 0.6) is 5.75 Å². The predicted octanol–water partition coefficient (Wildman–Crippen LogP) is 5.10. The summed E-state index contributed by atoms with van der Waals surface area (Å²) in [6, 6.07) is 12.4. The predicted molar refractivity (Wildman–Crippen MR) is 107 cm³/mol. The zero-order valence-electron chi connectivity index (χ0n) is 16.1. The Morgan fingerprint density at radius 1 is 1.04 bits per heavy atom. The number of hydrogen-bond acceptors (Lipinski definition) is 2. The molecular formula is C23H29NO2. The van der Waals surface area contributed by atoms with Gasteiger partial charge in [0.05, 0.1) is 0 Å². The lowest BCUT2D eigenvalue weighted by molar-refractivity contribution is -0.122. The number of nitrogens with one attached hydrogen (secondary N) is 1. The van der Waals surface area contributed by atoms with Crippen molar-refractivity contribution in [3.05, 3.63) is 58.7 Å². The fourth-order valence-electron chi connectivity index (χ4n) is 3.67. The highest BCUT2D eigenvalue weighted by atomic mass is 16.5. The van der Waals surface area contributed by atoms with Crippen LogP contribution < -0.4 is 10.1 Å². The summed E-state index contributed by atoms with van der Waals surface area (Å²) >= 11 is 0. The molecule has 26 heavy (non-hydrogen) atoms. The Morgan fingerprint density at radius 3 is 2.35 bits per heavy atom. The zero-order chi connectivity index (χ0) is 18.5. The van der Waals surface area contributed by atoms with E-state index in [9.17, 15) is 4.79 Å². The van der Waals surface area contributed by atoms with Crippen LogP contribution in [-0.2, 0) is 30.5 Å². The van der Waals surface area contributed by atoms with E-state index < -0.39 is 6.10 Å². The number of carbonyl (C=O) groups excluding carboxylic acids is 1. The molecule has 0 spiro atoms. The highest BCUT2D eigenvalue weighted by molar-refractivity contribution is 5.95. The van der Waals surface area contributed by atoms with Crippen molar-refractivity contribution in [3.63, 3.8) is 0 Å². The molecule has 1 atom stereocenters. The molecule has 0 unspecified atom stereocenters. The average Bonchev–Trinajstić information content (AvgIpc) is 2.67. The normalized spacial score (nSPS) is 14.4. The number of anilines is 1. The van der Waals surface area contributed by atoms with E-state index in [-0.39, 0.29) is 5.91 Å². The van der Waals surface area contributed by atoms with E-state index in [4.69, 9.17) is 4.74 Å². The van der Waals surface area contributed by atoms with Crippen molar-refractivity contribution in [2.45, 2.75) is 65.4 Å². The minimum Gasteiger partial charge on any atom is -0.481 e. The summed E-state index contributed by atoms with van der Waals surface area (Å²) in [5.74, 6) is 0.686. The van der Waals surface area contributed by atoms with Gasteiger partial charge in [-0.05, 0) is 79.8 Å². The van der Waals surface area contributed by atoms with Crippen molar-refractivity contribution in [1.82, 2.24) is 0 Å². The number of carbonyl (C=O) groups is 1. The SMILES string of the molecule is CCc1cccc(CC)c1NC(=O)[C@@H](C)Oc1ccc2c(c1)CCCC2. The number of rotatable bonds is 6. The van der Waals surface area contributed by atoms with E-state index in [2.05, 4.69) is 49.5 Å². The van der Waals surface area contributed by atoms with E-state index in [1.165, 1.54) is 35.1 Å². The first-order chi connectivity index (χ1) is 12.6. The molecule has 3 rings (SSSR count). The second kappa shape index (κ2) is 8.39. The minimum atomic E-state index is -0.536. The lowest BCUT2D eigenvalue weighted by Crippen LogP contribution is -2.31. The first-order valence-electron chi connectivity index (χ1n) is 9.82. The first-order valence-corrected chi connectivity index (χ1v) is 9.82. The van der Waals surface area contributed by atoms with Gasteiger partial charge in [-0.3, -0.25) is 4.79 Å². The number of ether oxygens (including phenoxy) is 1. The number of benzene rings is 2. The van der Waals surface area contributed by atoms with Gasteiger partial charge in [0.25, 0.3) is 5.91 Å². The van der Waals surface area contributed by atoms with Gasteiger partial charge in [0, 0.05) is 5.69 Å². The fourth-order valence-corrected chi connectivity index (χ4v) is 3.67. The van der Waals surface area contributed by atoms with Gasteiger partial charge in [-0.15, -0.1) is 0 Å². The second-order valence-electron chi connectivity index (χ2n) is 7.05. The van der Waals surface area contributed by atoms with Gasteiger partial charge in [-0.1, -0.05) is 38.1 Å². The highest BCUT2D eigenvalue weighted by Crippen LogP contribution is 2.27. The van der Waals surface area contributed by atoms with E-state index in [1.807, 2.05) is 13.0 Å². The molecule has 1 aliphatic carbocycles. The summed E-state index contributed by atoms with van der Waals surface area (Å²) < 4.78 is 5.95. The van der Waals surface area contributed by atoms with E-state index >= 15 is 0 Å². The van der Waals surface area contributed by atoms with Crippen LogP contribution in [0, 0.1) is 0 Å². The zero-order valence-corrected chi connectivity index (χ0v) is 16.1. The number of amides is 1. The van der Waals surface area contributed by atoms with Crippen molar-refractivity contribution < 1.29 is 9.53 Å². The van der Waals surface area contributed by atoms with Gasteiger partial charge in [0.2, 0.25) is 0 Å². The molecule has 0 saturated carbocycles. The van der Waals surface area contributed by atoms with Crippen molar-refractivity contribution in [3.8, 4) is 5.75 Å². The van der Waals surface area contributed by atoms with Crippen LogP contribution in [-0.4, -0.2) is 12.0 Å². The summed E-state index contributed by atoms with van der Waals surface area (Å²) in [6.45, 7) is 6.03. The van der Waals surface area contributed by atoms with E-state index in [0.717, 1.165) is 37.1 Å². The van der Waals surface area contributed by atoms with Crippen LogP contribution >= 0.6 is 0 Å². The molecule has 0 aromatic heterocycles. The number of aryl methyl sites for hydroxylation is 4. The monoisotopic (exact) mass is 351 g/mol. The Balaban J connectivity index is 1.71. The number of para-hydroxylation sites is 1. The van der Waals surface area contributed by atoms with Crippen LogP contribution in [0.3, 0.4) is 0 Å². The molecule has 0 fully saturated rings. The quantitative estimate of drug-likeness (QED) is 0.786. The molecule has 0 saturated heterocycles. The lowest BCUT2D eigenvalue weighted by atomic mass is 9.92. The maximum Gasteiger partial charge on any atom is 0.265 e. The molecule has 0 bridgehead atoms. The largest absolute Gasteiger partial charge is 0.481 e. The smallest absolute Gasteiger partial charge is 0.265 e. The number of hydrogen-bond donors (Lipinski definition) is 1. The standard InChI is InChI=1S/C23H29NO2/c1-4-17-11-8-12-18(5-2)22(17)24-23(25)16(3)26-21-14-13-19-9-6-7-10-20(19)15-21/h8,11-16H,4-7,9-10H2,1-3H3,(H,24,25)/t16-/m1/s1. The van der Waals surface area contributed by atoms with E-state index in [0.29, 0.717) is 0 Å². The van der Waals surface area contributed by atoms with Crippen LogP contribution in [0.25, 0.3) is 0 Å². The third kappa shape index (κ3) is 4.09. The van der Waals surface area contributed by atoms with Gasteiger partial charge >= 0.3 is 0 Å². The van der Waals surface area contributed by atoms with Gasteiger partial charge in [-0.25, -0.2) is 0 Å². The third-order valence-electron chi connectivity index (χ3n) is 5.25. The summed E-state index contributed by atoms with van der Waals surface area (Å²) in [6.07, 6.45) is 6.01. The van der Waals surface area contributed by atoms with Crippen molar-refractivity contribution in [2.24, 2.45) is 0 Å². The molecule has 2 aromatic carbocycles. The van der Waals surface area contributed by atoms with Crippen LogP contribution in [0.4, 0.5) is 5.69 Å². The molecule has 138 valence electrons. The molecule has 0 heterocycles. The van der Waals surface area contributed by atoms with Crippen LogP contribution in [0.15, 0.2) is 36.4 Å². The van der Waals surface area contributed by atoms with Crippen LogP contribution in [0.2, 0.25) is 0 Å². The summed E-state index contributed by atoms with van der Waals surface area (Å²) in [5, 5.41) is 3.10. The molecule has 1 amide bonds. The molecule has 1 N–H and O–H groups in total. The van der Waals surface area contributed by atoms with Crippen molar-refractivity contribution in [2.75, 3.05) is 5.32 Å². The average molecular weight is 351 g/mol. The molecule has 3 nitrogen and oxygen atoms in total. The summed E-state index contributed by atoms with van der Waals surface area (Å²) in [4.78, 5) is 12.7. The topological polar surface area (TPSA) is 38.3 Å². The Bertz CT molecular complexity index is 760. The Labute approximate surface area is 156 Å². The van der Waals surface area contributed by atoms with Gasteiger partial charge in [0.1, 0.15) is 5.75 Å². The molecule has 2 aromatic rings. The fraction of sp³-hybridized carbons (Fsp3) is 0.435. The molecule has 1 aliphatic rings. The summed E-state index contributed by atoms with van der Waals surface area (Å²) in [5.41, 5.74) is 6.07. The maximum atomic E-state index is 12.7. The third-order valence-corrected chi connectivity index (χ3v) is 5.25. The van der Waals surface area contributed by atoms with Gasteiger partial charge in [-0.2, -0.15) is 0 Å². The molecular weight excluding hydrogens is 322 g/mol. The van der Waals surface area contributed by atoms with Gasteiger partial charge in [0.15, 0.2) is 6.10 Å². The Morgan fingerprint density at radius 2 is 1.69 bits per heavy atom. The first kappa shape index (κ1) is 18.5. The Hall–Kier alpha value is -2.29. The van der Waals surface area contributed by atoms with Crippen molar-refractivity contribution in [1.29, 1.82) is 0 Å². The Kier molecular flexibility index (Phi) is 5.97. The summed E-state index contributed by atoms with van der Waals surface area (Å²) in [7, 11) is 0. The van der Waals surface area contributed by atoms with Crippen molar-refractivity contribution >= 4 is 11.6 Å². The van der Waals surface area contributed by atoms with Gasteiger partial charge < -0.3 is 10.1 Å². The number of fused-ring (bicyclic) bond motifs is 1. The second-order valence-corrected chi connectivity index (χ2v) is 7.05. The minimum absolute atomic E-state index is 0.0988. The lowest BCUT2D eigenvalue weighted by Gasteiger charge is -2.20.